The minimum atomic E-state index is -4.64. The number of hydrogen-bond acceptors (Lipinski definition) is 3. The third-order valence-electron chi connectivity index (χ3n) is 4.28. The Hall–Kier alpha value is -2.56. The first kappa shape index (κ1) is 24.1. The highest BCUT2D eigenvalue weighted by Crippen LogP contribution is 2.34. The van der Waals surface area contributed by atoms with Crippen molar-refractivity contribution in [2.45, 2.75) is 11.1 Å². The first-order valence-corrected chi connectivity index (χ1v) is 11.6. The number of amides is 1. The van der Waals surface area contributed by atoms with Crippen LogP contribution in [0.25, 0.3) is 0 Å². The van der Waals surface area contributed by atoms with Gasteiger partial charge in [-0.05, 0) is 48.5 Å². The van der Waals surface area contributed by atoms with Crippen molar-refractivity contribution in [2.24, 2.45) is 0 Å². The zero-order valence-electron chi connectivity index (χ0n) is 16.1. The van der Waals surface area contributed by atoms with Crippen molar-refractivity contribution in [3.63, 3.8) is 0 Å². The second-order valence-corrected chi connectivity index (χ2v) is 9.73. The summed E-state index contributed by atoms with van der Waals surface area (Å²) in [5.41, 5.74) is -1.09. The Morgan fingerprint density at radius 3 is 2.31 bits per heavy atom. The molecule has 0 aromatic heterocycles. The fourth-order valence-electron chi connectivity index (χ4n) is 2.78. The molecular weight excluding hydrogens is 533 g/mol. The predicted octanol–water partition coefficient (Wildman–Crippen LogP) is 5.96. The van der Waals surface area contributed by atoms with Crippen LogP contribution < -0.4 is 9.62 Å². The molecule has 0 spiro atoms. The lowest BCUT2D eigenvalue weighted by Crippen LogP contribution is -2.38. The van der Waals surface area contributed by atoms with Gasteiger partial charge in [-0.2, -0.15) is 13.2 Å². The number of sulfonamides is 1. The number of carbonyl (C=O) groups is 1. The van der Waals surface area contributed by atoms with Crippen LogP contribution >= 0.6 is 27.5 Å². The van der Waals surface area contributed by atoms with E-state index in [-0.39, 0.29) is 21.3 Å². The summed E-state index contributed by atoms with van der Waals surface area (Å²) < 4.78 is 66.9. The second-order valence-electron chi connectivity index (χ2n) is 6.55. The van der Waals surface area contributed by atoms with Gasteiger partial charge in [0.15, 0.2) is 0 Å². The van der Waals surface area contributed by atoms with E-state index in [1.165, 1.54) is 36.4 Å². The van der Waals surface area contributed by atoms with E-state index in [0.29, 0.717) is 10.5 Å². The van der Waals surface area contributed by atoms with Gasteiger partial charge in [-0.1, -0.05) is 51.8 Å². The van der Waals surface area contributed by atoms with Gasteiger partial charge in [0.2, 0.25) is 5.91 Å². The molecule has 11 heteroatoms. The minimum absolute atomic E-state index is 0.0510. The number of alkyl halides is 3. The standard InChI is InChI=1S/C21H15BrClF3N2O3S/c22-15-5-4-6-16(12-15)28(32(30,31)17-7-2-1-3-8-17)13-20(29)27-19-11-14(21(24,25)26)9-10-18(19)23/h1-12H,13H2,(H,27,29). The fourth-order valence-corrected chi connectivity index (χ4v) is 4.77. The van der Waals surface area contributed by atoms with Crippen LogP contribution in [-0.2, 0) is 21.0 Å². The maximum Gasteiger partial charge on any atom is 0.416 e. The molecule has 0 fully saturated rings. The van der Waals surface area contributed by atoms with Gasteiger partial charge in [0, 0.05) is 4.47 Å². The van der Waals surface area contributed by atoms with Crippen LogP contribution in [0.5, 0.6) is 0 Å². The number of nitrogens with one attached hydrogen (secondary N) is 1. The number of hydrogen-bond donors (Lipinski definition) is 1. The van der Waals surface area contributed by atoms with E-state index >= 15 is 0 Å². The van der Waals surface area contributed by atoms with Crippen molar-refractivity contribution < 1.29 is 26.4 Å². The van der Waals surface area contributed by atoms with E-state index in [0.717, 1.165) is 16.4 Å². The monoisotopic (exact) mass is 546 g/mol. The van der Waals surface area contributed by atoms with Gasteiger partial charge >= 0.3 is 6.18 Å². The van der Waals surface area contributed by atoms with Crippen LogP contribution in [0.3, 0.4) is 0 Å². The molecule has 0 saturated heterocycles. The molecule has 0 radical (unpaired) electrons. The van der Waals surface area contributed by atoms with Crippen molar-refractivity contribution in [1.29, 1.82) is 0 Å². The molecule has 0 atom stereocenters. The predicted molar refractivity (Wildman–Crippen MR) is 120 cm³/mol. The zero-order valence-corrected chi connectivity index (χ0v) is 19.3. The SMILES string of the molecule is O=C(CN(c1cccc(Br)c1)S(=O)(=O)c1ccccc1)Nc1cc(C(F)(F)F)ccc1Cl. The molecular formula is C21H15BrClF3N2O3S. The molecule has 3 aromatic rings. The van der Waals surface area contributed by atoms with Gasteiger partial charge in [0.25, 0.3) is 10.0 Å². The lowest BCUT2D eigenvalue weighted by molar-refractivity contribution is -0.137. The Morgan fingerprint density at radius 2 is 1.69 bits per heavy atom. The minimum Gasteiger partial charge on any atom is -0.323 e. The van der Waals surface area contributed by atoms with Gasteiger partial charge in [-0.15, -0.1) is 0 Å². The molecule has 1 N–H and O–H groups in total. The largest absolute Gasteiger partial charge is 0.416 e. The normalized spacial score (nSPS) is 11.8. The molecule has 3 rings (SSSR count). The van der Waals surface area contributed by atoms with Gasteiger partial charge < -0.3 is 5.32 Å². The molecule has 5 nitrogen and oxygen atoms in total. The third kappa shape index (κ3) is 5.62. The summed E-state index contributed by atoms with van der Waals surface area (Å²) in [6.07, 6.45) is -4.64. The molecule has 32 heavy (non-hydrogen) atoms. The van der Waals surface area contributed by atoms with Crippen molar-refractivity contribution in [3.05, 3.63) is 87.9 Å². The summed E-state index contributed by atoms with van der Waals surface area (Å²) in [5.74, 6) is -0.870. The van der Waals surface area contributed by atoms with Crippen molar-refractivity contribution >= 4 is 54.8 Å². The van der Waals surface area contributed by atoms with Crippen LogP contribution in [0.4, 0.5) is 24.5 Å². The Morgan fingerprint density at radius 1 is 1.00 bits per heavy atom. The highest BCUT2D eigenvalue weighted by molar-refractivity contribution is 9.10. The van der Waals surface area contributed by atoms with Crippen LogP contribution in [0, 0.1) is 0 Å². The van der Waals surface area contributed by atoms with E-state index < -0.39 is 34.2 Å². The molecule has 0 aliphatic rings. The van der Waals surface area contributed by atoms with Gasteiger partial charge in [0.05, 0.1) is 26.9 Å². The molecule has 0 unspecified atom stereocenters. The van der Waals surface area contributed by atoms with Gasteiger partial charge in [0.1, 0.15) is 6.54 Å². The Kier molecular flexibility index (Phi) is 7.16. The number of anilines is 2. The number of benzene rings is 3. The topological polar surface area (TPSA) is 66.5 Å². The van der Waals surface area contributed by atoms with Crippen molar-refractivity contribution in [1.82, 2.24) is 0 Å². The maximum atomic E-state index is 13.2. The lowest BCUT2D eigenvalue weighted by atomic mass is 10.2. The maximum absolute atomic E-state index is 13.2. The molecule has 3 aromatic carbocycles. The average molecular weight is 548 g/mol. The van der Waals surface area contributed by atoms with E-state index in [4.69, 9.17) is 11.6 Å². The molecule has 0 saturated carbocycles. The van der Waals surface area contributed by atoms with Crippen molar-refractivity contribution in [3.8, 4) is 0 Å². The molecule has 168 valence electrons. The summed E-state index contributed by atoms with van der Waals surface area (Å²) in [5, 5.41) is 2.15. The van der Waals surface area contributed by atoms with Crippen molar-refractivity contribution in [2.75, 3.05) is 16.2 Å². The van der Waals surface area contributed by atoms with Crippen LogP contribution in [-0.4, -0.2) is 20.9 Å². The number of rotatable bonds is 6. The number of carbonyl (C=O) groups excluding carboxylic acids is 1. The fraction of sp³-hybridized carbons (Fsp3) is 0.0952. The van der Waals surface area contributed by atoms with E-state index in [2.05, 4.69) is 21.2 Å². The van der Waals surface area contributed by atoms with Gasteiger partial charge in [-0.3, -0.25) is 9.10 Å². The lowest BCUT2D eigenvalue weighted by Gasteiger charge is -2.24. The summed E-state index contributed by atoms with van der Waals surface area (Å²) in [6, 6.07) is 16.2. The van der Waals surface area contributed by atoms with Crippen LogP contribution in [0.15, 0.2) is 82.2 Å². The third-order valence-corrected chi connectivity index (χ3v) is 6.89. The first-order valence-electron chi connectivity index (χ1n) is 8.98. The molecule has 0 heterocycles. The molecule has 1 amide bonds. The second kappa shape index (κ2) is 9.51. The van der Waals surface area contributed by atoms with E-state index in [9.17, 15) is 26.4 Å². The zero-order chi connectivity index (χ0) is 23.5. The van der Waals surface area contributed by atoms with E-state index in [1.807, 2.05) is 0 Å². The van der Waals surface area contributed by atoms with Crippen LogP contribution in [0.1, 0.15) is 5.56 Å². The Labute approximate surface area is 196 Å². The number of halogens is 5. The molecule has 0 bridgehead atoms. The molecule has 0 aliphatic heterocycles. The highest BCUT2D eigenvalue weighted by atomic mass is 79.9. The average Bonchev–Trinajstić information content (AvgIpc) is 2.73. The molecule has 0 aliphatic carbocycles. The Bertz CT molecular complexity index is 1240. The Balaban J connectivity index is 1.95. The first-order chi connectivity index (χ1) is 15.0. The summed E-state index contributed by atoms with van der Waals surface area (Å²) in [7, 11) is -4.16. The quantitative estimate of drug-likeness (QED) is 0.414. The summed E-state index contributed by atoms with van der Waals surface area (Å²) in [6.45, 7) is -0.694. The summed E-state index contributed by atoms with van der Waals surface area (Å²) in [4.78, 5) is 12.7. The summed E-state index contributed by atoms with van der Waals surface area (Å²) >= 11 is 9.19. The highest BCUT2D eigenvalue weighted by Gasteiger charge is 2.32. The van der Waals surface area contributed by atoms with E-state index in [1.54, 1.807) is 18.2 Å². The number of nitrogens with zero attached hydrogens (tertiary/aromatic N) is 1. The van der Waals surface area contributed by atoms with Gasteiger partial charge in [-0.25, -0.2) is 8.42 Å². The van der Waals surface area contributed by atoms with Crippen LogP contribution in [0.2, 0.25) is 5.02 Å². The smallest absolute Gasteiger partial charge is 0.323 e.